The van der Waals surface area contributed by atoms with Crippen LogP contribution in [0.3, 0.4) is 0 Å². The lowest BCUT2D eigenvalue weighted by Gasteiger charge is -1.92. The summed E-state index contributed by atoms with van der Waals surface area (Å²) in [5.74, 6) is 0.789. The molecule has 0 spiro atoms. The molecule has 64 valence electrons. The number of nitrogens with zero attached hydrogens (tertiary/aromatic N) is 3. The SMILES string of the molecule is N#Cc1ccc(-c2cncn2Cl)o1. The Morgan fingerprint density at radius 2 is 2.38 bits per heavy atom. The topological polar surface area (TPSA) is 54.8 Å². The van der Waals surface area contributed by atoms with Crippen molar-refractivity contribution in [1.29, 1.82) is 5.26 Å². The molecule has 2 heterocycles. The molecule has 0 saturated heterocycles. The summed E-state index contributed by atoms with van der Waals surface area (Å²) < 4.78 is 6.46. The molecule has 0 aliphatic rings. The maximum absolute atomic E-state index is 8.52. The Labute approximate surface area is 79.1 Å². The number of aromatic nitrogens is 2. The molecule has 0 aromatic carbocycles. The lowest BCUT2D eigenvalue weighted by atomic mass is 10.3. The van der Waals surface area contributed by atoms with Gasteiger partial charge in [-0.25, -0.2) is 9.07 Å². The molecule has 13 heavy (non-hydrogen) atoms. The van der Waals surface area contributed by atoms with Gasteiger partial charge in [-0.15, -0.1) is 0 Å². The third-order valence-electron chi connectivity index (χ3n) is 1.56. The molecule has 0 fully saturated rings. The van der Waals surface area contributed by atoms with E-state index >= 15 is 0 Å². The fourth-order valence-electron chi connectivity index (χ4n) is 0.984. The van der Waals surface area contributed by atoms with Gasteiger partial charge in [-0.1, -0.05) is 0 Å². The number of furan rings is 1. The molecular weight excluding hydrogens is 190 g/mol. The van der Waals surface area contributed by atoms with Crippen molar-refractivity contribution < 1.29 is 4.42 Å². The van der Waals surface area contributed by atoms with Crippen LogP contribution in [0.2, 0.25) is 0 Å². The first-order valence-corrected chi connectivity index (χ1v) is 3.84. The Morgan fingerprint density at radius 3 is 2.92 bits per heavy atom. The van der Waals surface area contributed by atoms with Gasteiger partial charge in [-0.05, 0) is 12.1 Å². The summed E-state index contributed by atoms with van der Waals surface area (Å²) in [4.78, 5) is 3.82. The number of imidazole rings is 1. The Hall–Kier alpha value is -1.73. The van der Waals surface area contributed by atoms with Crippen LogP contribution in [-0.4, -0.2) is 9.07 Å². The van der Waals surface area contributed by atoms with Gasteiger partial charge in [0.05, 0.1) is 6.20 Å². The molecule has 0 unspecified atom stereocenters. The fourth-order valence-corrected chi connectivity index (χ4v) is 1.16. The Morgan fingerprint density at radius 1 is 1.54 bits per heavy atom. The van der Waals surface area contributed by atoms with Crippen LogP contribution in [-0.2, 0) is 0 Å². The summed E-state index contributed by atoms with van der Waals surface area (Å²) in [6.45, 7) is 0. The highest BCUT2D eigenvalue weighted by molar-refractivity contribution is 6.16. The maximum Gasteiger partial charge on any atom is 0.204 e. The van der Waals surface area contributed by atoms with E-state index in [9.17, 15) is 0 Å². The van der Waals surface area contributed by atoms with Gasteiger partial charge in [0.2, 0.25) is 5.76 Å². The van der Waals surface area contributed by atoms with E-state index in [0.717, 1.165) is 0 Å². The van der Waals surface area contributed by atoms with Crippen LogP contribution in [0.15, 0.2) is 29.1 Å². The summed E-state index contributed by atoms with van der Waals surface area (Å²) in [5, 5.41) is 8.52. The third kappa shape index (κ3) is 1.30. The molecule has 0 atom stereocenters. The second kappa shape index (κ2) is 2.96. The van der Waals surface area contributed by atoms with E-state index in [4.69, 9.17) is 21.5 Å². The van der Waals surface area contributed by atoms with Crippen molar-refractivity contribution in [2.75, 3.05) is 0 Å². The summed E-state index contributed by atoms with van der Waals surface area (Å²) in [6.07, 6.45) is 3.01. The van der Waals surface area contributed by atoms with Crippen LogP contribution in [0.4, 0.5) is 0 Å². The molecule has 4 nitrogen and oxygen atoms in total. The second-order valence-electron chi connectivity index (χ2n) is 2.37. The second-order valence-corrected chi connectivity index (χ2v) is 2.73. The lowest BCUT2D eigenvalue weighted by molar-refractivity contribution is 0.565. The smallest absolute Gasteiger partial charge is 0.204 e. The molecule has 0 saturated carbocycles. The van der Waals surface area contributed by atoms with Gasteiger partial charge in [0.1, 0.15) is 18.1 Å². The van der Waals surface area contributed by atoms with Gasteiger partial charge < -0.3 is 4.42 Å². The van der Waals surface area contributed by atoms with Crippen molar-refractivity contribution in [3.8, 4) is 17.5 Å². The number of hydrogen-bond acceptors (Lipinski definition) is 3. The zero-order valence-electron chi connectivity index (χ0n) is 6.44. The quantitative estimate of drug-likeness (QED) is 0.696. The Kier molecular flexibility index (Phi) is 1.80. The van der Waals surface area contributed by atoms with Gasteiger partial charge in [0, 0.05) is 11.8 Å². The van der Waals surface area contributed by atoms with Gasteiger partial charge in [0.15, 0.2) is 5.76 Å². The van der Waals surface area contributed by atoms with Gasteiger partial charge in [-0.2, -0.15) is 5.26 Å². The van der Waals surface area contributed by atoms with Crippen molar-refractivity contribution in [3.05, 3.63) is 30.4 Å². The van der Waals surface area contributed by atoms with Crippen LogP contribution in [0.5, 0.6) is 0 Å². The van der Waals surface area contributed by atoms with Crippen LogP contribution in [0.1, 0.15) is 5.76 Å². The molecule has 0 aliphatic carbocycles. The molecular formula is C8H4ClN3O. The minimum absolute atomic E-state index is 0.257. The molecule has 2 rings (SSSR count). The zero-order chi connectivity index (χ0) is 9.26. The average Bonchev–Trinajstić information content (AvgIpc) is 2.71. The first-order valence-electron chi connectivity index (χ1n) is 3.50. The number of rotatable bonds is 1. The standard InChI is InChI=1S/C8H4ClN3O/c9-12-5-11-4-7(12)8-2-1-6(3-10)13-8/h1-2,4-5H. The maximum atomic E-state index is 8.52. The van der Waals surface area contributed by atoms with Crippen LogP contribution in [0.25, 0.3) is 11.5 Å². The number of nitriles is 1. The van der Waals surface area contributed by atoms with Crippen LogP contribution >= 0.6 is 11.8 Å². The minimum atomic E-state index is 0.257. The van der Waals surface area contributed by atoms with Gasteiger partial charge in [0.25, 0.3) is 0 Å². The predicted octanol–water partition coefficient (Wildman–Crippen LogP) is 2.02. The van der Waals surface area contributed by atoms with Crippen molar-refractivity contribution in [3.63, 3.8) is 0 Å². The van der Waals surface area contributed by atoms with Crippen molar-refractivity contribution >= 4 is 11.8 Å². The summed E-state index contributed by atoms with van der Waals surface area (Å²) in [6, 6.07) is 5.15. The third-order valence-corrected chi connectivity index (χ3v) is 1.83. The predicted molar refractivity (Wildman–Crippen MR) is 45.9 cm³/mol. The Balaban J connectivity index is 2.48. The summed E-state index contributed by atoms with van der Waals surface area (Å²) in [5.41, 5.74) is 0.628. The molecule has 0 aliphatic heterocycles. The molecule has 0 N–H and O–H groups in total. The van der Waals surface area contributed by atoms with E-state index in [1.807, 2.05) is 6.07 Å². The average molecular weight is 194 g/mol. The molecule has 2 aromatic heterocycles. The molecule has 5 heteroatoms. The fraction of sp³-hybridized carbons (Fsp3) is 0. The molecule has 2 aromatic rings. The normalized spacial score (nSPS) is 9.85. The zero-order valence-corrected chi connectivity index (χ0v) is 7.19. The monoisotopic (exact) mass is 193 g/mol. The van der Waals surface area contributed by atoms with E-state index in [2.05, 4.69) is 4.98 Å². The van der Waals surface area contributed by atoms with Crippen LogP contribution < -0.4 is 0 Å². The van der Waals surface area contributed by atoms with E-state index in [-0.39, 0.29) is 5.76 Å². The lowest BCUT2D eigenvalue weighted by Crippen LogP contribution is -1.79. The highest BCUT2D eigenvalue weighted by atomic mass is 35.5. The van der Waals surface area contributed by atoms with Crippen molar-refractivity contribution in [2.24, 2.45) is 0 Å². The van der Waals surface area contributed by atoms with Gasteiger partial charge >= 0.3 is 0 Å². The Bertz CT molecular complexity index is 466. The van der Waals surface area contributed by atoms with Crippen molar-refractivity contribution in [2.45, 2.75) is 0 Å². The molecule has 0 bridgehead atoms. The molecule has 0 radical (unpaired) electrons. The molecule has 0 amide bonds. The van der Waals surface area contributed by atoms with E-state index in [0.29, 0.717) is 11.5 Å². The number of hydrogen-bond donors (Lipinski definition) is 0. The first-order chi connectivity index (χ1) is 6.31. The number of halogens is 1. The first kappa shape index (κ1) is 7.90. The van der Waals surface area contributed by atoms with Crippen molar-refractivity contribution in [1.82, 2.24) is 9.07 Å². The largest absolute Gasteiger partial charge is 0.444 e. The minimum Gasteiger partial charge on any atom is -0.444 e. The highest BCUT2D eigenvalue weighted by Crippen LogP contribution is 2.21. The highest BCUT2D eigenvalue weighted by Gasteiger charge is 2.08. The van der Waals surface area contributed by atoms with E-state index < -0.39 is 0 Å². The van der Waals surface area contributed by atoms with E-state index in [1.54, 1.807) is 18.3 Å². The summed E-state index contributed by atoms with van der Waals surface area (Å²) >= 11 is 5.74. The summed E-state index contributed by atoms with van der Waals surface area (Å²) in [7, 11) is 0. The van der Waals surface area contributed by atoms with Gasteiger partial charge in [-0.3, -0.25) is 0 Å². The van der Waals surface area contributed by atoms with Crippen LogP contribution in [0, 0.1) is 11.3 Å². The van der Waals surface area contributed by atoms with E-state index in [1.165, 1.54) is 10.4 Å².